The molecule has 4 N–H and O–H groups in total. The van der Waals surface area contributed by atoms with Crippen LogP contribution in [0.15, 0.2) is 34.9 Å². The zero-order valence-corrected chi connectivity index (χ0v) is 21.3. The van der Waals surface area contributed by atoms with E-state index in [0.717, 1.165) is 72.5 Å². The second kappa shape index (κ2) is 8.98. The first-order chi connectivity index (χ1) is 17.0. The van der Waals surface area contributed by atoms with Gasteiger partial charge in [0.1, 0.15) is 17.4 Å². The van der Waals surface area contributed by atoms with Crippen molar-refractivity contribution in [1.29, 1.82) is 0 Å². The van der Waals surface area contributed by atoms with Crippen molar-refractivity contribution in [3.05, 3.63) is 34.9 Å². The van der Waals surface area contributed by atoms with E-state index in [0.29, 0.717) is 17.5 Å². The molecule has 3 fully saturated rings. The van der Waals surface area contributed by atoms with Crippen LogP contribution in [0, 0.1) is 11.8 Å². The largest absolute Gasteiger partial charge is 0.444 e. The summed E-state index contributed by atoms with van der Waals surface area (Å²) in [5.74, 6) is 1.58. The molecule has 1 amide bonds. The topological polar surface area (TPSA) is 112 Å². The number of nitrogens with two attached hydrogens (primary N) is 1. The quantitative estimate of drug-likeness (QED) is 0.451. The van der Waals surface area contributed by atoms with E-state index >= 15 is 0 Å². The number of anilines is 2. The van der Waals surface area contributed by atoms with E-state index in [9.17, 15) is 4.79 Å². The molecule has 184 valence electrons. The molecule has 3 heterocycles. The van der Waals surface area contributed by atoms with E-state index < -0.39 is 6.09 Å². The summed E-state index contributed by atoms with van der Waals surface area (Å²) < 4.78 is 6.38. The fraction of sp³-hybridized carbons (Fsp3) is 0.480. The van der Waals surface area contributed by atoms with Gasteiger partial charge in [-0.15, -0.1) is 0 Å². The lowest BCUT2D eigenvalue weighted by Gasteiger charge is -2.34. The Kier molecular flexibility index (Phi) is 5.80. The van der Waals surface area contributed by atoms with Crippen molar-refractivity contribution < 1.29 is 9.53 Å². The number of fused-ring (bicyclic) bond motifs is 3. The average Bonchev–Trinajstić information content (AvgIpc) is 3.57. The van der Waals surface area contributed by atoms with Crippen molar-refractivity contribution in [1.82, 2.24) is 19.9 Å². The van der Waals surface area contributed by atoms with Crippen LogP contribution < -0.4 is 16.0 Å². The number of ether oxygens (including phenoxy) is 1. The summed E-state index contributed by atoms with van der Waals surface area (Å²) in [5.41, 5.74) is 9.99. The first-order valence-electron chi connectivity index (χ1n) is 12.3. The number of primary amides is 1. The van der Waals surface area contributed by atoms with Crippen LogP contribution in [-0.4, -0.2) is 71.3 Å². The van der Waals surface area contributed by atoms with E-state index in [2.05, 4.69) is 72.3 Å². The van der Waals surface area contributed by atoms with Gasteiger partial charge in [-0.3, -0.25) is 0 Å². The first-order valence-corrected chi connectivity index (χ1v) is 13.1. The number of nitrogens with one attached hydrogen (secondary N) is 2. The maximum atomic E-state index is 11.5. The van der Waals surface area contributed by atoms with Crippen LogP contribution in [0.4, 0.5) is 16.2 Å². The van der Waals surface area contributed by atoms with Crippen LogP contribution >= 0.6 is 15.9 Å². The second-order valence-electron chi connectivity index (χ2n) is 10.0. The van der Waals surface area contributed by atoms with Gasteiger partial charge >= 0.3 is 6.09 Å². The summed E-state index contributed by atoms with van der Waals surface area (Å²) in [6.07, 6.45) is 4.09. The molecule has 6 rings (SSSR count). The Bertz CT molecular complexity index is 1240. The molecule has 2 aliphatic carbocycles. The molecule has 3 aromatic rings. The minimum Gasteiger partial charge on any atom is -0.444 e. The number of rotatable bonds is 5. The third-order valence-corrected chi connectivity index (χ3v) is 8.49. The number of imidazole rings is 1. The molecule has 1 saturated heterocycles. The molecular weight excluding hydrogens is 510 g/mol. The minimum atomic E-state index is -0.711. The summed E-state index contributed by atoms with van der Waals surface area (Å²) in [4.78, 5) is 29.1. The van der Waals surface area contributed by atoms with E-state index in [1.54, 1.807) is 6.20 Å². The number of likely N-dealkylation sites (N-methyl/N-ethyl adjacent to an activating group) is 1. The zero-order valence-electron chi connectivity index (χ0n) is 19.7. The minimum absolute atomic E-state index is 0.0118. The predicted molar refractivity (Wildman–Crippen MR) is 139 cm³/mol. The lowest BCUT2D eigenvalue weighted by molar-refractivity contribution is 0.0644. The Morgan fingerprint density at radius 2 is 1.91 bits per heavy atom. The Balaban J connectivity index is 1.27. The number of piperazine rings is 1. The highest BCUT2D eigenvalue weighted by Crippen LogP contribution is 2.48. The van der Waals surface area contributed by atoms with Gasteiger partial charge in [-0.25, -0.2) is 14.8 Å². The highest BCUT2D eigenvalue weighted by molar-refractivity contribution is 9.10. The van der Waals surface area contributed by atoms with Crippen molar-refractivity contribution in [2.75, 3.05) is 43.4 Å². The predicted octanol–water partition coefficient (Wildman–Crippen LogP) is 3.81. The average molecular weight is 540 g/mol. The number of H-pyrrole nitrogens is 1. The van der Waals surface area contributed by atoms with Gasteiger partial charge in [-0.1, -0.05) is 0 Å². The van der Waals surface area contributed by atoms with Gasteiger partial charge in [-0.05, 0) is 78.3 Å². The summed E-state index contributed by atoms with van der Waals surface area (Å²) in [6, 6.07) is 8.56. The Morgan fingerprint density at radius 1 is 1.17 bits per heavy atom. The molecule has 1 aliphatic heterocycles. The van der Waals surface area contributed by atoms with Gasteiger partial charge in [-0.2, -0.15) is 0 Å². The number of carbonyl (C=O) groups is 1. The summed E-state index contributed by atoms with van der Waals surface area (Å²) in [7, 11) is 2.17. The van der Waals surface area contributed by atoms with E-state index in [4.69, 9.17) is 15.5 Å². The molecule has 1 aromatic carbocycles. The Hall–Kier alpha value is -2.85. The van der Waals surface area contributed by atoms with Crippen LogP contribution in [0.25, 0.3) is 22.6 Å². The fourth-order valence-corrected chi connectivity index (χ4v) is 6.43. The van der Waals surface area contributed by atoms with Crippen LogP contribution in [0.2, 0.25) is 0 Å². The van der Waals surface area contributed by atoms with E-state index in [-0.39, 0.29) is 12.1 Å². The highest BCUT2D eigenvalue weighted by Gasteiger charge is 2.50. The molecule has 2 saturated carbocycles. The van der Waals surface area contributed by atoms with Crippen molar-refractivity contribution >= 4 is 44.6 Å². The monoisotopic (exact) mass is 539 g/mol. The lowest BCUT2D eigenvalue weighted by Crippen LogP contribution is -2.44. The summed E-state index contributed by atoms with van der Waals surface area (Å²) >= 11 is 3.66. The Labute approximate surface area is 212 Å². The maximum absolute atomic E-state index is 11.5. The lowest BCUT2D eigenvalue weighted by atomic mass is 9.92. The molecular formula is C25H30BrN7O2. The molecule has 2 aromatic heterocycles. The SMILES string of the molecule is CN1CCN(c2ccc(-c3nc4ncc(Br)c(N[C@@H]5[C@H]6CC[C@H](C6)[C@@H]5OC(N)=O)c4[nH]3)cc2)CC1. The number of carbonyl (C=O) groups excluding carboxylic acids is 1. The van der Waals surface area contributed by atoms with Crippen LogP contribution in [0.3, 0.4) is 0 Å². The number of hydrogen-bond acceptors (Lipinski definition) is 7. The van der Waals surface area contributed by atoms with Crippen LogP contribution in [-0.2, 0) is 4.74 Å². The molecule has 4 atom stereocenters. The van der Waals surface area contributed by atoms with Crippen molar-refractivity contribution in [2.45, 2.75) is 31.4 Å². The number of pyridine rings is 1. The van der Waals surface area contributed by atoms with Crippen molar-refractivity contribution in [3.63, 3.8) is 0 Å². The van der Waals surface area contributed by atoms with Gasteiger partial charge < -0.3 is 30.6 Å². The zero-order chi connectivity index (χ0) is 24.1. The summed E-state index contributed by atoms with van der Waals surface area (Å²) in [5, 5.41) is 3.66. The normalized spacial score (nSPS) is 26.4. The van der Waals surface area contributed by atoms with Gasteiger partial charge in [0.25, 0.3) is 0 Å². The Morgan fingerprint density at radius 3 is 2.66 bits per heavy atom. The number of benzene rings is 1. The molecule has 0 spiro atoms. The molecule has 9 nitrogen and oxygen atoms in total. The number of amides is 1. The van der Waals surface area contributed by atoms with Gasteiger partial charge in [0.15, 0.2) is 5.65 Å². The molecule has 2 bridgehead atoms. The maximum Gasteiger partial charge on any atom is 0.404 e. The third-order valence-electron chi connectivity index (χ3n) is 7.89. The summed E-state index contributed by atoms with van der Waals surface area (Å²) in [6.45, 7) is 4.24. The van der Waals surface area contributed by atoms with Gasteiger partial charge in [0, 0.05) is 43.6 Å². The number of nitrogens with zero attached hydrogens (tertiary/aromatic N) is 4. The first kappa shape index (κ1) is 22.6. The van der Waals surface area contributed by atoms with E-state index in [1.165, 1.54) is 5.69 Å². The van der Waals surface area contributed by atoms with Gasteiger partial charge in [0.2, 0.25) is 0 Å². The standard InChI is InChI=1S/C25H30BrN7O2/c1-32-8-10-33(11-9-32)17-6-4-14(5-7-17)23-30-21-20(18(26)13-28-24(21)31-23)29-19-15-2-3-16(12-15)22(19)35-25(27)34/h4-7,13,15-16,19,22H,2-3,8-12H2,1H3,(H2,27,34)(H2,28,29,30,31)/t15-,16+,19+,22-/m0/s1. The molecule has 10 heteroatoms. The second-order valence-corrected chi connectivity index (χ2v) is 10.9. The molecule has 3 aliphatic rings. The number of halogens is 1. The smallest absolute Gasteiger partial charge is 0.404 e. The number of aromatic nitrogens is 3. The third kappa shape index (κ3) is 4.23. The van der Waals surface area contributed by atoms with E-state index in [1.807, 2.05) is 0 Å². The molecule has 0 unspecified atom stereocenters. The van der Waals surface area contributed by atoms with Gasteiger partial charge in [0.05, 0.1) is 16.2 Å². The highest BCUT2D eigenvalue weighted by atomic mass is 79.9. The molecule has 35 heavy (non-hydrogen) atoms. The van der Waals surface area contributed by atoms with Crippen LogP contribution in [0.1, 0.15) is 19.3 Å². The fourth-order valence-electron chi connectivity index (χ4n) is 6.02. The number of hydrogen-bond donors (Lipinski definition) is 3. The number of aromatic amines is 1. The van der Waals surface area contributed by atoms with Crippen molar-refractivity contribution in [3.8, 4) is 11.4 Å². The van der Waals surface area contributed by atoms with Crippen molar-refractivity contribution in [2.24, 2.45) is 17.6 Å². The molecule has 0 radical (unpaired) electrons. The van der Waals surface area contributed by atoms with Crippen LogP contribution in [0.5, 0.6) is 0 Å².